The zero-order chi connectivity index (χ0) is 17.8. The third-order valence-corrected chi connectivity index (χ3v) is 3.79. The largest absolute Gasteiger partial charge is 0.481 e. The van der Waals surface area contributed by atoms with Gasteiger partial charge in [0.25, 0.3) is 0 Å². The van der Waals surface area contributed by atoms with E-state index < -0.39 is 6.10 Å². The molecule has 2 aromatic heterocycles. The highest BCUT2D eigenvalue weighted by Gasteiger charge is 2.29. The Labute approximate surface area is 145 Å². The van der Waals surface area contributed by atoms with Gasteiger partial charge >= 0.3 is 6.03 Å². The molecule has 0 bridgehead atoms. The quantitative estimate of drug-likeness (QED) is 0.904. The minimum atomic E-state index is -0.398. The summed E-state index contributed by atoms with van der Waals surface area (Å²) < 4.78 is 15.9. The molecular formula is C16H21N5O4. The molecule has 0 unspecified atom stereocenters. The second-order valence-corrected chi connectivity index (χ2v) is 5.97. The molecule has 0 spiro atoms. The molecule has 0 saturated carbocycles. The summed E-state index contributed by atoms with van der Waals surface area (Å²) in [5, 5.41) is 6.77. The zero-order valence-electron chi connectivity index (χ0n) is 14.4. The number of carbonyl (C=O) groups is 1. The lowest BCUT2D eigenvalue weighted by Gasteiger charge is -2.31. The van der Waals surface area contributed by atoms with E-state index in [-0.39, 0.29) is 11.9 Å². The van der Waals surface area contributed by atoms with E-state index in [4.69, 9.17) is 14.0 Å². The van der Waals surface area contributed by atoms with E-state index in [9.17, 15) is 4.79 Å². The van der Waals surface area contributed by atoms with E-state index in [1.165, 1.54) is 7.11 Å². The highest BCUT2D eigenvalue weighted by molar-refractivity contribution is 5.89. The molecule has 2 aromatic rings. The van der Waals surface area contributed by atoms with Crippen LogP contribution < -0.4 is 10.1 Å². The van der Waals surface area contributed by atoms with Crippen molar-refractivity contribution in [2.45, 2.75) is 25.9 Å². The van der Waals surface area contributed by atoms with Crippen molar-refractivity contribution in [2.75, 3.05) is 32.1 Å². The molecular weight excluding hydrogens is 326 g/mol. The van der Waals surface area contributed by atoms with Gasteiger partial charge in [-0.25, -0.2) is 9.78 Å². The Morgan fingerprint density at radius 3 is 2.92 bits per heavy atom. The van der Waals surface area contributed by atoms with Crippen molar-refractivity contribution in [3.8, 4) is 5.88 Å². The molecule has 9 heteroatoms. The Morgan fingerprint density at radius 1 is 1.44 bits per heavy atom. The van der Waals surface area contributed by atoms with Crippen LogP contribution in [-0.2, 0) is 4.74 Å². The first-order chi connectivity index (χ1) is 12.1. The van der Waals surface area contributed by atoms with Gasteiger partial charge in [-0.3, -0.25) is 0 Å². The predicted molar refractivity (Wildman–Crippen MR) is 88.5 cm³/mol. The first kappa shape index (κ1) is 17.2. The summed E-state index contributed by atoms with van der Waals surface area (Å²) in [6.07, 6.45) is 1.15. The van der Waals surface area contributed by atoms with Gasteiger partial charge in [-0.1, -0.05) is 19.0 Å². The summed E-state index contributed by atoms with van der Waals surface area (Å²) in [7, 11) is 1.54. The number of carbonyl (C=O) groups excluding carboxylic acids is 1. The molecule has 1 N–H and O–H groups in total. The number of hydrogen-bond acceptors (Lipinski definition) is 7. The van der Waals surface area contributed by atoms with Crippen LogP contribution >= 0.6 is 0 Å². The molecule has 1 atom stereocenters. The van der Waals surface area contributed by atoms with E-state index in [2.05, 4.69) is 20.4 Å². The first-order valence-corrected chi connectivity index (χ1v) is 8.08. The number of amides is 2. The Hall–Kier alpha value is -2.68. The second-order valence-electron chi connectivity index (χ2n) is 5.97. The Balaban J connectivity index is 1.62. The molecule has 0 aromatic carbocycles. The SMILES string of the molecule is COc1ccc(NC(=O)N2CCO[C@@H](c3noc(C(C)C)n3)C2)cn1. The van der Waals surface area contributed by atoms with Crippen LogP contribution in [0.3, 0.4) is 0 Å². The first-order valence-electron chi connectivity index (χ1n) is 8.08. The summed E-state index contributed by atoms with van der Waals surface area (Å²) in [6, 6.07) is 3.19. The van der Waals surface area contributed by atoms with Gasteiger partial charge in [0, 0.05) is 18.5 Å². The minimum Gasteiger partial charge on any atom is -0.481 e. The maximum atomic E-state index is 12.4. The number of nitrogens with one attached hydrogen (secondary N) is 1. The van der Waals surface area contributed by atoms with Crippen LogP contribution in [0.5, 0.6) is 5.88 Å². The van der Waals surface area contributed by atoms with Crippen LogP contribution in [0.15, 0.2) is 22.9 Å². The van der Waals surface area contributed by atoms with Gasteiger partial charge in [-0.2, -0.15) is 4.98 Å². The summed E-state index contributed by atoms with van der Waals surface area (Å²) >= 11 is 0. The molecule has 1 saturated heterocycles. The van der Waals surface area contributed by atoms with E-state index >= 15 is 0 Å². The van der Waals surface area contributed by atoms with E-state index in [0.717, 1.165) is 0 Å². The van der Waals surface area contributed by atoms with Crippen LogP contribution in [0.25, 0.3) is 0 Å². The van der Waals surface area contributed by atoms with Gasteiger partial charge in [0.1, 0.15) is 6.10 Å². The number of hydrogen-bond donors (Lipinski definition) is 1. The summed E-state index contributed by atoms with van der Waals surface area (Å²) in [6.45, 7) is 5.20. The van der Waals surface area contributed by atoms with E-state index in [1.54, 1.807) is 23.2 Å². The molecule has 134 valence electrons. The normalized spacial score (nSPS) is 17.6. The van der Waals surface area contributed by atoms with E-state index in [0.29, 0.717) is 43.0 Å². The Kier molecular flexibility index (Phi) is 5.13. The monoisotopic (exact) mass is 347 g/mol. The average molecular weight is 347 g/mol. The molecule has 0 radical (unpaired) electrons. The third-order valence-electron chi connectivity index (χ3n) is 3.79. The van der Waals surface area contributed by atoms with Crippen LogP contribution in [0, 0.1) is 0 Å². The highest BCUT2D eigenvalue weighted by Crippen LogP contribution is 2.22. The van der Waals surface area contributed by atoms with Gasteiger partial charge in [0.2, 0.25) is 17.6 Å². The number of anilines is 1. The summed E-state index contributed by atoms with van der Waals surface area (Å²) in [4.78, 5) is 22.5. The maximum Gasteiger partial charge on any atom is 0.322 e. The second kappa shape index (κ2) is 7.47. The number of pyridine rings is 1. The molecule has 25 heavy (non-hydrogen) atoms. The van der Waals surface area contributed by atoms with Crippen LogP contribution in [0.2, 0.25) is 0 Å². The molecule has 1 aliphatic rings. The molecule has 1 fully saturated rings. The number of methoxy groups -OCH3 is 1. The predicted octanol–water partition coefficient (Wildman–Crippen LogP) is 2.20. The third kappa shape index (κ3) is 4.05. The van der Waals surface area contributed by atoms with Crippen LogP contribution in [-0.4, -0.2) is 52.9 Å². The van der Waals surface area contributed by atoms with Gasteiger partial charge in [0.15, 0.2) is 0 Å². The molecule has 3 rings (SSSR count). The molecule has 9 nitrogen and oxygen atoms in total. The van der Waals surface area contributed by atoms with Crippen molar-refractivity contribution >= 4 is 11.7 Å². The van der Waals surface area contributed by atoms with Crippen LogP contribution in [0.4, 0.5) is 10.5 Å². The number of ether oxygens (including phenoxy) is 2. The minimum absolute atomic E-state index is 0.145. The van der Waals surface area contributed by atoms with Crippen molar-refractivity contribution in [2.24, 2.45) is 0 Å². The lowest BCUT2D eigenvalue weighted by atomic mass is 10.2. The average Bonchev–Trinajstić information content (AvgIpc) is 3.13. The molecule has 1 aliphatic heterocycles. The lowest BCUT2D eigenvalue weighted by molar-refractivity contribution is -0.0190. The number of urea groups is 1. The maximum absolute atomic E-state index is 12.4. The van der Waals surface area contributed by atoms with Crippen LogP contribution in [0.1, 0.15) is 37.6 Å². The lowest BCUT2D eigenvalue weighted by Crippen LogP contribution is -2.44. The topological polar surface area (TPSA) is 103 Å². The van der Waals surface area contributed by atoms with Crippen molar-refractivity contribution < 1.29 is 18.8 Å². The van der Waals surface area contributed by atoms with Crippen molar-refractivity contribution in [3.63, 3.8) is 0 Å². The standard InChI is InChI=1S/C16H21N5O4/c1-10(2)15-19-14(20-25-15)12-9-21(6-7-24-12)16(22)18-11-4-5-13(23-3)17-8-11/h4-5,8,10,12H,6-7,9H2,1-3H3,(H,18,22)/t12-/m1/s1. The fourth-order valence-electron chi connectivity index (χ4n) is 2.38. The molecule has 0 aliphatic carbocycles. The Bertz CT molecular complexity index is 716. The van der Waals surface area contributed by atoms with Gasteiger partial charge in [-0.05, 0) is 6.07 Å². The number of morpholine rings is 1. The van der Waals surface area contributed by atoms with Crippen molar-refractivity contribution in [1.29, 1.82) is 0 Å². The number of aromatic nitrogens is 3. The highest BCUT2D eigenvalue weighted by atomic mass is 16.5. The Morgan fingerprint density at radius 2 is 2.28 bits per heavy atom. The summed E-state index contributed by atoms with van der Waals surface area (Å²) in [5.74, 6) is 1.66. The van der Waals surface area contributed by atoms with E-state index in [1.807, 2.05) is 13.8 Å². The fraction of sp³-hybridized carbons (Fsp3) is 0.500. The summed E-state index contributed by atoms with van der Waals surface area (Å²) in [5.41, 5.74) is 0.593. The fourth-order valence-corrected chi connectivity index (χ4v) is 2.38. The van der Waals surface area contributed by atoms with Crippen molar-refractivity contribution in [1.82, 2.24) is 20.0 Å². The van der Waals surface area contributed by atoms with Gasteiger partial charge in [0.05, 0.1) is 32.1 Å². The van der Waals surface area contributed by atoms with Gasteiger partial charge < -0.3 is 24.2 Å². The molecule has 2 amide bonds. The number of nitrogens with zero attached hydrogens (tertiary/aromatic N) is 4. The smallest absolute Gasteiger partial charge is 0.322 e. The van der Waals surface area contributed by atoms with Gasteiger partial charge in [-0.15, -0.1) is 0 Å². The molecule has 3 heterocycles. The number of rotatable bonds is 4. The zero-order valence-corrected chi connectivity index (χ0v) is 14.4. The van der Waals surface area contributed by atoms with Crippen molar-refractivity contribution in [3.05, 3.63) is 30.0 Å².